The first-order valence-electron chi connectivity index (χ1n) is 5.36. The van der Waals surface area contributed by atoms with Crippen molar-refractivity contribution in [2.45, 2.75) is 45.1 Å². The van der Waals surface area contributed by atoms with E-state index in [1.165, 1.54) is 0 Å². The van der Waals surface area contributed by atoms with E-state index in [2.05, 4.69) is 19.1 Å². The molecule has 0 aliphatic rings. The molecule has 0 bridgehead atoms. The Hall–Kier alpha value is -1.09. The maximum Gasteiger partial charge on any atom is 0.303 e. The van der Waals surface area contributed by atoms with Crippen molar-refractivity contribution in [2.24, 2.45) is 0 Å². The molecule has 2 N–H and O–H groups in total. The molecule has 86 valence electrons. The zero-order chi connectivity index (χ0) is 11.5. The van der Waals surface area contributed by atoms with Gasteiger partial charge in [0.25, 0.3) is 0 Å². The molecule has 0 fully saturated rings. The second-order valence-electron chi connectivity index (χ2n) is 3.41. The van der Waals surface area contributed by atoms with Crippen molar-refractivity contribution in [1.29, 1.82) is 0 Å². The minimum atomic E-state index is -0.857. The lowest BCUT2D eigenvalue weighted by Gasteiger charge is -2.04. The summed E-state index contributed by atoms with van der Waals surface area (Å²) >= 11 is 0. The first kappa shape index (κ1) is 13.9. The van der Waals surface area contributed by atoms with Crippen LogP contribution in [0.2, 0.25) is 0 Å². The molecule has 0 aromatic carbocycles. The molecule has 1 atom stereocenters. The molecule has 0 aromatic rings. The summed E-state index contributed by atoms with van der Waals surface area (Å²) in [6.45, 7) is 2.08. The molecular formula is C12H20O3. The number of hydrogen-bond donors (Lipinski definition) is 2. The van der Waals surface area contributed by atoms with E-state index < -0.39 is 12.1 Å². The van der Waals surface area contributed by atoms with Crippen LogP contribution in [0.1, 0.15) is 39.0 Å². The van der Waals surface area contributed by atoms with Crippen molar-refractivity contribution < 1.29 is 15.0 Å². The largest absolute Gasteiger partial charge is 0.481 e. The summed E-state index contributed by atoms with van der Waals surface area (Å²) < 4.78 is 0. The van der Waals surface area contributed by atoms with Crippen LogP contribution in [0.25, 0.3) is 0 Å². The fourth-order valence-corrected chi connectivity index (χ4v) is 1.10. The van der Waals surface area contributed by atoms with E-state index >= 15 is 0 Å². The van der Waals surface area contributed by atoms with Crippen molar-refractivity contribution in [2.75, 3.05) is 0 Å². The van der Waals surface area contributed by atoms with Crippen LogP contribution < -0.4 is 0 Å². The van der Waals surface area contributed by atoms with Gasteiger partial charge in [-0.25, -0.2) is 0 Å². The van der Waals surface area contributed by atoms with E-state index in [1.54, 1.807) is 0 Å². The van der Waals surface area contributed by atoms with Gasteiger partial charge in [-0.15, -0.1) is 0 Å². The van der Waals surface area contributed by atoms with Crippen LogP contribution in [-0.4, -0.2) is 22.3 Å². The molecule has 0 heterocycles. The summed E-state index contributed by atoms with van der Waals surface area (Å²) in [5.41, 5.74) is 0. The number of rotatable bonds is 8. The Labute approximate surface area is 91.1 Å². The molecule has 1 unspecified atom stereocenters. The third kappa shape index (κ3) is 10.8. The molecule has 0 aliphatic heterocycles. The van der Waals surface area contributed by atoms with Gasteiger partial charge in [-0.1, -0.05) is 31.2 Å². The van der Waals surface area contributed by atoms with Crippen molar-refractivity contribution >= 4 is 5.97 Å². The summed E-state index contributed by atoms with van der Waals surface area (Å²) in [5.74, 6) is -0.857. The van der Waals surface area contributed by atoms with E-state index in [0.29, 0.717) is 12.8 Å². The van der Waals surface area contributed by atoms with E-state index in [9.17, 15) is 9.90 Å². The Morgan fingerprint density at radius 1 is 1.27 bits per heavy atom. The second kappa shape index (κ2) is 9.46. The summed E-state index contributed by atoms with van der Waals surface area (Å²) in [5, 5.41) is 17.8. The van der Waals surface area contributed by atoms with E-state index in [-0.39, 0.29) is 6.42 Å². The van der Waals surface area contributed by atoms with Gasteiger partial charge in [0.1, 0.15) is 0 Å². The molecule has 0 spiro atoms. The Kier molecular flexibility index (Phi) is 8.78. The smallest absolute Gasteiger partial charge is 0.303 e. The minimum absolute atomic E-state index is 0.0325. The Morgan fingerprint density at radius 2 is 1.93 bits per heavy atom. The Bertz CT molecular complexity index is 219. The van der Waals surface area contributed by atoms with Crippen LogP contribution in [0, 0.1) is 0 Å². The van der Waals surface area contributed by atoms with Gasteiger partial charge in [0, 0.05) is 6.42 Å². The number of aliphatic carboxylic acids is 1. The Balaban J connectivity index is 3.48. The lowest BCUT2D eigenvalue weighted by atomic mass is 10.1. The molecule has 15 heavy (non-hydrogen) atoms. The number of allylic oxidation sites excluding steroid dienone is 3. The summed E-state index contributed by atoms with van der Waals surface area (Å²) in [6.07, 6.45) is 10.3. The quantitative estimate of drug-likeness (QED) is 0.608. The van der Waals surface area contributed by atoms with Crippen LogP contribution in [0.3, 0.4) is 0 Å². The molecule has 0 aromatic heterocycles. The molecule has 0 amide bonds. The third-order valence-corrected chi connectivity index (χ3v) is 1.94. The minimum Gasteiger partial charge on any atom is -0.481 e. The zero-order valence-corrected chi connectivity index (χ0v) is 9.22. The SMILES string of the molecule is CC/C=C\C/C=C\CC(O)CCC(=O)O. The lowest BCUT2D eigenvalue weighted by molar-refractivity contribution is -0.137. The summed E-state index contributed by atoms with van der Waals surface area (Å²) in [7, 11) is 0. The number of aliphatic hydroxyl groups is 1. The van der Waals surface area contributed by atoms with Crippen molar-refractivity contribution in [3.05, 3.63) is 24.3 Å². The summed E-state index contributed by atoms with van der Waals surface area (Å²) in [6, 6.07) is 0. The first-order chi connectivity index (χ1) is 7.16. The van der Waals surface area contributed by atoms with Crippen LogP contribution in [-0.2, 0) is 4.79 Å². The molecule has 0 aliphatic carbocycles. The van der Waals surface area contributed by atoms with E-state index in [1.807, 2.05) is 12.2 Å². The normalized spacial score (nSPS) is 13.7. The van der Waals surface area contributed by atoms with E-state index in [4.69, 9.17) is 5.11 Å². The average Bonchev–Trinajstić information content (AvgIpc) is 2.20. The number of carbonyl (C=O) groups is 1. The lowest BCUT2D eigenvalue weighted by Crippen LogP contribution is -2.07. The highest BCUT2D eigenvalue weighted by Gasteiger charge is 2.04. The Morgan fingerprint density at radius 3 is 2.53 bits per heavy atom. The van der Waals surface area contributed by atoms with Gasteiger partial charge in [0.15, 0.2) is 0 Å². The molecule has 0 rings (SSSR count). The average molecular weight is 212 g/mol. The van der Waals surface area contributed by atoms with Crippen molar-refractivity contribution in [3.63, 3.8) is 0 Å². The summed E-state index contributed by atoms with van der Waals surface area (Å²) in [4.78, 5) is 10.2. The third-order valence-electron chi connectivity index (χ3n) is 1.94. The topological polar surface area (TPSA) is 57.5 Å². The molecule has 0 saturated carbocycles. The highest BCUT2D eigenvalue weighted by molar-refractivity contribution is 5.66. The molecular weight excluding hydrogens is 192 g/mol. The molecule has 3 heteroatoms. The van der Waals surface area contributed by atoms with Gasteiger partial charge in [-0.2, -0.15) is 0 Å². The number of carboxylic acid groups (broad SMARTS) is 1. The second-order valence-corrected chi connectivity index (χ2v) is 3.41. The maximum absolute atomic E-state index is 10.2. The fourth-order valence-electron chi connectivity index (χ4n) is 1.10. The van der Waals surface area contributed by atoms with Crippen LogP contribution >= 0.6 is 0 Å². The predicted octanol–water partition coefficient (Wildman–Crippen LogP) is 2.51. The van der Waals surface area contributed by atoms with Crippen molar-refractivity contribution in [3.8, 4) is 0 Å². The number of carboxylic acids is 1. The van der Waals surface area contributed by atoms with Crippen LogP contribution in [0.15, 0.2) is 24.3 Å². The highest BCUT2D eigenvalue weighted by atomic mass is 16.4. The monoisotopic (exact) mass is 212 g/mol. The molecule has 0 radical (unpaired) electrons. The van der Waals surface area contributed by atoms with Crippen molar-refractivity contribution in [1.82, 2.24) is 0 Å². The number of aliphatic hydroxyl groups excluding tert-OH is 1. The fraction of sp³-hybridized carbons (Fsp3) is 0.583. The highest BCUT2D eigenvalue weighted by Crippen LogP contribution is 2.03. The number of hydrogen-bond acceptors (Lipinski definition) is 2. The zero-order valence-electron chi connectivity index (χ0n) is 9.22. The first-order valence-corrected chi connectivity index (χ1v) is 5.36. The van der Waals surface area contributed by atoms with Gasteiger partial charge in [0.2, 0.25) is 0 Å². The van der Waals surface area contributed by atoms with Gasteiger partial charge in [-0.05, 0) is 25.7 Å². The molecule has 0 saturated heterocycles. The van der Waals surface area contributed by atoms with Gasteiger partial charge in [-0.3, -0.25) is 4.79 Å². The van der Waals surface area contributed by atoms with Gasteiger partial charge < -0.3 is 10.2 Å². The van der Waals surface area contributed by atoms with Crippen LogP contribution in [0.4, 0.5) is 0 Å². The van der Waals surface area contributed by atoms with Gasteiger partial charge in [0.05, 0.1) is 6.10 Å². The predicted molar refractivity (Wildman–Crippen MR) is 60.7 cm³/mol. The van der Waals surface area contributed by atoms with Gasteiger partial charge >= 0.3 is 5.97 Å². The standard InChI is InChI=1S/C12H20O3/c1-2-3-4-5-6-7-8-11(13)9-10-12(14)15/h3-4,6-7,11,13H,2,5,8-10H2,1H3,(H,14,15)/b4-3-,7-6-. The molecule has 3 nitrogen and oxygen atoms in total. The maximum atomic E-state index is 10.2. The van der Waals surface area contributed by atoms with E-state index in [0.717, 1.165) is 12.8 Å². The van der Waals surface area contributed by atoms with Crippen LogP contribution in [0.5, 0.6) is 0 Å².